The summed E-state index contributed by atoms with van der Waals surface area (Å²) in [5.74, 6) is 0. The first-order valence-electron chi connectivity index (χ1n) is 19.8. The molecular weight excluding hydrogens is 689 g/mol. The molecule has 1 heterocycles. The lowest BCUT2D eigenvalue weighted by molar-refractivity contribution is 0.793. The second-order valence-corrected chi connectivity index (χ2v) is 15.2. The van der Waals surface area contributed by atoms with E-state index in [0.29, 0.717) is 0 Å². The molecule has 0 saturated heterocycles. The van der Waals surface area contributed by atoms with Gasteiger partial charge in [-0.05, 0) is 104 Å². The van der Waals surface area contributed by atoms with Crippen LogP contribution in [0.4, 0.5) is 17.1 Å². The van der Waals surface area contributed by atoms with Crippen LogP contribution < -0.4 is 4.90 Å². The van der Waals surface area contributed by atoms with Gasteiger partial charge in [0.1, 0.15) is 0 Å². The van der Waals surface area contributed by atoms with Crippen LogP contribution in [0.15, 0.2) is 218 Å². The van der Waals surface area contributed by atoms with Crippen LogP contribution in [0.2, 0.25) is 0 Å². The normalized spacial score (nSPS) is 13.1. The minimum Gasteiger partial charge on any atom is -0.308 e. The largest absolute Gasteiger partial charge is 0.308 e. The molecule has 0 atom stereocenters. The molecule has 9 aromatic carbocycles. The van der Waals surface area contributed by atoms with Gasteiger partial charge >= 0.3 is 0 Å². The molecular formula is C55H36N2. The van der Waals surface area contributed by atoms with Crippen molar-refractivity contribution >= 4 is 38.9 Å². The second kappa shape index (κ2) is 12.3. The van der Waals surface area contributed by atoms with Gasteiger partial charge in [0.05, 0.1) is 22.1 Å². The fourth-order valence-electron chi connectivity index (χ4n) is 10.1. The molecule has 12 rings (SSSR count). The van der Waals surface area contributed by atoms with Gasteiger partial charge in [-0.3, -0.25) is 0 Å². The van der Waals surface area contributed by atoms with E-state index in [2.05, 4.69) is 228 Å². The van der Waals surface area contributed by atoms with Gasteiger partial charge in [0.15, 0.2) is 0 Å². The van der Waals surface area contributed by atoms with E-state index >= 15 is 0 Å². The van der Waals surface area contributed by atoms with Gasteiger partial charge in [-0.2, -0.15) is 0 Å². The maximum Gasteiger partial charge on any atom is 0.0782 e. The Kier molecular flexibility index (Phi) is 6.88. The summed E-state index contributed by atoms with van der Waals surface area (Å²) in [7, 11) is 0. The summed E-state index contributed by atoms with van der Waals surface area (Å²) >= 11 is 0. The van der Waals surface area contributed by atoms with Crippen molar-refractivity contribution in [3.05, 3.63) is 241 Å². The molecule has 266 valence electrons. The molecule has 1 aromatic heterocycles. The van der Waals surface area contributed by atoms with E-state index in [0.717, 1.165) is 22.7 Å². The number of fused-ring (bicyclic) bond motifs is 13. The van der Waals surface area contributed by atoms with E-state index in [9.17, 15) is 0 Å². The first kappa shape index (κ1) is 31.9. The molecule has 2 nitrogen and oxygen atoms in total. The molecule has 0 radical (unpaired) electrons. The van der Waals surface area contributed by atoms with Crippen LogP contribution in [-0.4, -0.2) is 4.57 Å². The SMILES string of the molecule is c1ccc(-c2ccc(N(c3ccc4c(c3)C3(c5ccccc5-c5ccccc53)c3ccccc3-4)c3cccc4c5ccccc5n(-c5ccccc5)c34)cc2)cc1. The molecule has 0 fully saturated rings. The van der Waals surface area contributed by atoms with Crippen LogP contribution in [0, 0.1) is 0 Å². The van der Waals surface area contributed by atoms with E-state index in [4.69, 9.17) is 0 Å². The lowest BCUT2D eigenvalue weighted by Gasteiger charge is -2.32. The van der Waals surface area contributed by atoms with E-state index in [1.54, 1.807) is 0 Å². The summed E-state index contributed by atoms with van der Waals surface area (Å²) in [6.45, 7) is 0. The molecule has 0 saturated carbocycles. The Morgan fingerprint density at radius 3 is 1.53 bits per heavy atom. The highest BCUT2D eigenvalue weighted by Gasteiger charge is 2.51. The zero-order valence-electron chi connectivity index (χ0n) is 31.2. The Bertz CT molecular complexity index is 3110. The zero-order valence-corrected chi connectivity index (χ0v) is 31.2. The molecule has 57 heavy (non-hydrogen) atoms. The van der Waals surface area contributed by atoms with Crippen LogP contribution in [-0.2, 0) is 5.41 Å². The number of anilines is 3. The van der Waals surface area contributed by atoms with Crippen molar-refractivity contribution in [3.63, 3.8) is 0 Å². The summed E-state index contributed by atoms with van der Waals surface area (Å²) in [6.07, 6.45) is 0. The van der Waals surface area contributed by atoms with Gasteiger partial charge in [0, 0.05) is 27.8 Å². The predicted molar refractivity (Wildman–Crippen MR) is 237 cm³/mol. The molecule has 10 aromatic rings. The van der Waals surface area contributed by atoms with Crippen LogP contribution >= 0.6 is 0 Å². The highest BCUT2D eigenvalue weighted by Crippen LogP contribution is 2.63. The van der Waals surface area contributed by atoms with Crippen molar-refractivity contribution in [3.8, 4) is 39.1 Å². The van der Waals surface area contributed by atoms with Crippen molar-refractivity contribution < 1.29 is 0 Å². The Morgan fingerprint density at radius 2 is 0.860 bits per heavy atom. The third kappa shape index (κ3) is 4.47. The molecule has 2 heteroatoms. The highest BCUT2D eigenvalue weighted by atomic mass is 15.2. The van der Waals surface area contributed by atoms with Gasteiger partial charge in [-0.1, -0.05) is 170 Å². The Labute approximate surface area is 332 Å². The number of nitrogens with zero attached hydrogens (tertiary/aromatic N) is 2. The number of aromatic nitrogens is 1. The first-order chi connectivity index (χ1) is 28.3. The van der Waals surface area contributed by atoms with Crippen molar-refractivity contribution in [1.82, 2.24) is 4.57 Å². The number of hydrogen-bond donors (Lipinski definition) is 0. The molecule has 0 bridgehead atoms. The summed E-state index contributed by atoms with van der Waals surface area (Å²) in [6, 6.07) is 80.5. The predicted octanol–water partition coefficient (Wildman–Crippen LogP) is 14.3. The molecule has 2 aliphatic carbocycles. The number of para-hydroxylation sites is 3. The van der Waals surface area contributed by atoms with E-state index in [-0.39, 0.29) is 0 Å². The molecule has 0 amide bonds. The first-order valence-corrected chi connectivity index (χ1v) is 19.8. The van der Waals surface area contributed by atoms with Crippen molar-refractivity contribution in [2.75, 3.05) is 4.90 Å². The number of rotatable bonds is 5. The van der Waals surface area contributed by atoms with Crippen LogP contribution in [0.1, 0.15) is 22.3 Å². The van der Waals surface area contributed by atoms with Crippen molar-refractivity contribution in [1.29, 1.82) is 0 Å². The molecule has 0 N–H and O–H groups in total. The third-order valence-electron chi connectivity index (χ3n) is 12.4. The summed E-state index contributed by atoms with van der Waals surface area (Å²) in [5, 5.41) is 2.46. The summed E-state index contributed by atoms with van der Waals surface area (Å²) in [5.41, 5.74) is 19.4. The van der Waals surface area contributed by atoms with Gasteiger partial charge in [-0.15, -0.1) is 0 Å². The van der Waals surface area contributed by atoms with E-state index in [1.165, 1.54) is 77.4 Å². The van der Waals surface area contributed by atoms with Crippen molar-refractivity contribution in [2.45, 2.75) is 5.41 Å². The minimum absolute atomic E-state index is 0.442. The van der Waals surface area contributed by atoms with Crippen LogP contribution in [0.5, 0.6) is 0 Å². The Balaban J connectivity index is 1.16. The average molecular weight is 725 g/mol. The quantitative estimate of drug-likeness (QED) is 0.172. The van der Waals surface area contributed by atoms with Gasteiger partial charge < -0.3 is 9.47 Å². The minimum atomic E-state index is -0.442. The van der Waals surface area contributed by atoms with Crippen LogP contribution in [0.25, 0.3) is 60.9 Å². The lowest BCUT2D eigenvalue weighted by atomic mass is 9.70. The van der Waals surface area contributed by atoms with Crippen LogP contribution in [0.3, 0.4) is 0 Å². The highest BCUT2D eigenvalue weighted by molar-refractivity contribution is 6.14. The standard InChI is InChI=1S/C55H36N2/c1-3-16-37(17-4-1)38-30-32-40(33-31-38)56(53-29-15-24-47-46-23-10-14-28-52(46)57(54(47)53)39-18-5-2-6-19-39)41-34-35-45-44-22-9-13-27-50(44)55(51(45)36-41)48-25-11-7-20-42(48)43-21-8-12-26-49(43)55/h1-36H. The zero-order chi connectivity index (χ0) is 37.5. The van der Waals surface area contributed by atoms with Gasteiger partial charge in [0.25, 0.3) is 0 Å². The van der Waals surface area contributed by atoms with Gasteiger partial charge in [-0.25, -0.2) is 0 Å². The number of benzene rings is 9. The van der Waals surface area contributed by atoms with E-state index < -0.39 is 5.41 Å². The fraction of sp³-hybridized carbons (Fsp3) is 0.0182. The Hall–Kier alpha value is -7.42. The molecule has 1 spiro atoms. The maximum absolute atomic E-state index is 2.49. The lowest BCUT2D eigenvalue weighted by Crippen LogP contribution is -2.26. The Morgan fingerprint density at radius 1 is 0.351 bits per heavy atom. The maximum atomic E-state index is 2.49. The topological polar surface area (TPSA) is 8.17 Å². The van der Waals surface area contributed by atoms with E-state index in [1.807, 2.05) is 0 Å². The molecule has 0 unspecified atom stereocenters. The third-order valence-corrected chi connectivity index (χ3v) is 12.4. The van der Waals surface area contributed by atoms with Crippen molar-refractivity contribution in [2.24, 2.45) is 0 Å². The average Bonchev–Trinajstić information content (AvgIpc) is 3.90. The fourth-order valence-corrected chi connectivity index (χ4v) is 10.1. The van der Waals surface area contributed by atoms with Gasteiger partial charge in [0.2, 0.25) is 0 Å². The smallest absolute Gasteiger partial charge is 0.0782 e. The summed E-state index contributed by atoms with van der Waals surface area (Å²) < 4.78 is 2.44. The second-order valence-electron chi connectivity index (χ2n) is 15.2. The summed E-state index contributed by atoms with van der Waals surface area (Å²) in [4.78, 5) is 2.49. The molecule has 2 aliphatic rings. The molecule has 0 aliphatic heterocycles. The number of hydrogen-bond acceptors (Lipinski definition) is 1. The monoisotopic (exact) mass is 724 g/mol.